The fourth-order valence-electron chi connectivity index (χ4n) is 4.03. The summed E-state index contributed by atoms with van der Waals surface area (Å²) in [6.45, 7) is 0. The number of amides is 1. The minimum atomic E-state index is -1.89. The minimum absolute atomic E-state index is 0.0156. The number of aliphatic carboxylic acids is 3. The van der Waals surface area contributed by atoms with E-state index >= 15 is 0 Å². The Kier molecular flexibility index (Phi) is 9.28. The second-order valence-electron chi connectivity index (χ2n) is 8.97. The maximum absolute atomic E-state index is 12.9. The third-order valence-corrected chi connectivity index (χ3v) is 6.13. The first-order chi connectivity index (χ1) is 18.9. The average Bonchev–Trinajstić information content (AvgIpc) is 3.30. The van der Waals surface area contributed by atoms with Gasteiger partial charge >= 0.3 is 17.9 Å². The molecule has 10 N–H and O–H groups in total. The minimum Gasteiger partial charge on any atom is -0.481 e. The van der Waals surface area contributed by atoms with Crippen LogP contribution in [-0.4, -0.2) is 76.9 Å². The number of carbonyl (C=O) groups is 5. The lowest BCUT2D eigenvalue weighted by atomic mass is 9.89. The normalized spacial score (nSPS) is 13.3. The van der Waals surface area contributed by atoms with Crippen LogP contribution < -0.4 is 22.3 Å². The van der Waals surface area contributed by atoms with Crippen molar-refractivity contribution >= 4 is 46.6 Å². The van der Waals surface area contributed by atoms with Crippen molar-refractivity contribution in [3.63, 3.8) is 0 Å². The molecule has 0 radical (unpaired) electrons. The fraction of sp³-hybridized carbons (Fsp3) is 0.333. The number of rotatable bonds is 14. The number of carboxylic acids is 3. The topological polar surface area (TPSA) is 285 Å². The van der Waals surface area contributed by atoms with E-state index in [9.17, 15) is 33.9 Å². The van der Waals surface area contributed by atoms with Gasteiger partial charge in [-0.3, -0.25) is 38.7 Å². The number of pyridine rings is 1. The van der Waals surface area contributed by atoms with E-state index in [1.807, 2.05) is 0 Å². The number of anilines is 1. The first kappa shape index (κ1) is 29.4. The summed E-state index contributed by atoms with van der Waals surface area (Å²) < 4.78 is 0. The number of H-pyrrole nitrogens is 2. The molecule has 0 aromatic carbocycles. The SMILES string of the molecule is Nc1nc2[nH]cc(CCc3ccc(C(=O)N[C@@H](CCC(=O)O)C(=O)C(C[C@H](N)C(=O)O)C(=O)O)nc3)c2c(=O)[nH]1. The second-order valence-corrected chi connectivity index (χ2v) is 8.97. The van der Waals surface area contributed by atoms with Crippen molar-refractivity contribution in [3.05, 3.63) is 51.7 Å². The molecule has 0 spiro atoms. The third kappa shape index (κ3) is 7.25. The van der Waals surface area contributed by atoms with Crippen LogP contribution in [0.15, 0.2) is 29.3 Å². The molecule has 0 fully saturated rings. The Morgan fingerprint density at radius 1 is 1.05 bits per heavy atom. The summed E-state index contributed by atoms with van der Waals surface area (Å²) in [6.07, 6.45) is 2.17. The highest BCUT2D eigenvalue weighted by Gasteiger charge is 2.36. The molecule has 1 unspecified atom stereocenters. The molecule has 1 amide bonds. The third-order valence-electron chi connectivity index (χ3n) is 6.13. The number of nitrogens with one attached hydrogen (secondary N) is 3. The number of fused-ring (bicyclic) bond motifs is 1. The number of Topliss-reactive ketones (excluding diaryl/α,β-unsaturated/α-hetero) is 1. The lowest BCUT2D eigenvalue weighted by molar-refractivity contribution is -0.148. The molecule has 3 heterocycles. The van der Waals surface area contributed by atoms with Crippen LogP contribution in [0.2, 0.25) is 0 Å². The van der Waals surface area contributed by atoms with Gasteiger partial charge < -0.3 is 37.1 Å². The number of ketones is 1. The highest BCUT2D eigenvalue weighted by atomic mass is 16.4. The molecular weight excluding hydrogens is 530 g/mol. The van der Waals surface area contributed by atoms with E-state index in [4.69, 9.17) is 21.7 Å². The Balaban J connectivity index is 1.71. The van der Waals surface area contributed by atoms with Gasteiger partial charge in [0.25, 0.3) is 11.5 Å². The second kappa shape index (κ2) is 12.6. The highest BCUT2D eigenvalue weighted by Crippen LogP contribution is 2.17. The van der Waals surface area contributed by atoms with Gasteiger partial charge in [0, 0.05) is 18.8 Å². The predicted molar refractivity (Wildman–Crippen MR) is 137 cm³/mol. The maximum atomic E-state index is 12.9. The van der Waals surface area contributed by atoms with E-state index in [0.29, 0.717) is 35.0 Å². The lowest BCUT2D eigenvalue weighted by Gasteiger charge is -2.21. The molecular formula is C24H27N7O9. The first-order valence-electron chi connectivity index (χ1n) is 12.0. The molecule has 0 saturated heterocycles. The van der Waals surface area contributed by atoms with Crippen molar-refractivity contribution in [1.82, 2.24) is 25.3 Å². The molecule has 0 aliphatic heterocycles. The van der Waals surface area contributed by atoms with E-state index in [1.54, 1.807) is 12.3 Å². The Morgan fingerprint density at radius 2 is 1.77 bits per heavy atom. The number of hydrogen-bond donors (Lipinski definition) is 8. The summed E-state index contributed by atoms with van der Waals surface area (Å²) >= 11 is 0. The van der Waals surface area contributed by atoms with E-state index < -0.39 is 66.9 Å². The number of nitrogen functional groups attached to an aromatic ring is 1. The van der Waals surface area contributed by atoms with Crippen LogP contribution in [0.5, 0.6) is 0 Å². The van der Waals surface area contributed by atoms with Gasteiger partial charge in [-0.15, -0.1) is 0 Å². The van der Waals surface area contributed by atoms with E-state index in [2.05, 4.69) is 25.3 Å². The molecule has 3 atom stereocenters. The number of hydrogen-bond acceptors (Lipinski definition) is 10. The van der Waals surface area contributed by atoms with Gasteiger partial charge in [0.2, 0.25) is 5.95 Å². The smallest absolute Gasteiger partial charge is 0.320 e. The number of aromatic nitrogens is 4. The van der Waals surface area contributed by atoms with Crippen molar-refractivity contribution in [2.75, 3.05) is 5.73 Å². The fourth-order valence-corrected chi connectivity index (χ4v) is 4.03. The van der Waals surface area contributed by atoms with Crippen LogP contribution in [0.3, 0.4) is 0 Å². The number of carbonyl (C=O) groups excluding carboxylic acids is 2. The van der Waals surface area contributed by atoms with Crippen LogP contribution in [0.4, 0.5) is 5.95 Å². The molecule has 0 saturated carbocycles. The van der Waals surface area contributed by atoms with Crippen molar-refractivity contribution in [2.24, 2.45) is 11.7 Å². The summed E-state index contributed by atoms with van der Waals surface area (Å²) in [6, 6.07) is -0.248. The van der Waals surface area contributed by atoms with Gasteiger partial charge in [0.15, 0.2) is 5.78 Å². The van der Waals surface area contributed by atoms with Crippen LogP contribution in [0.25, 0.3) is 11.0 Å². The Hall–Kier alpha value is -5.12. The molecule has 16 heteroatoms. The maximum Gasteiger partial charge on any atom is 0.320 e. The van der Waals surface area contributed by atoms with Gasteiger partial charge in [0.05, 0.1) is 11.4 Å². The van der Waals surface area contributed by atoms with Gasteiger partial charge in [-0.05, 0) is 42.9 Å². The Morgan fingerprint density at radius 3 is 2.38 bits per heavy atom. The van der Waals surface area contributed by atoms with Gasteiger partial charge in [-0.2, -0.15) is 4.98 Å². The van der Waals surface area contributed by atoms with E-state index in [0.717, 1.165) is 0 Å². The summed E-state index contributed by atoms with van der Waals surface area (Å²) in [7, 11) is 0. The summed E-state index contributed by atoms with van der Waals surface area (Å²) in [5.41, 5.74) is 12.2. The highest BCUT2D eigenvalue weighted by molar-refractivity contribution is 6.04. The zero-order chi connectivity index (χ0) is 29.6. The largest absolute Gasteiger partial charge is 0.481 e. The molecule has 212 valence electrons. The van der Waals surface area contributed by atoms with Crippen molar-refractivity contribution in [1.29, 1.82) is 0 Å². The average molecular weight is 558 g/mol. The molecule has 0 aliphatic rings. The molecule has 0 aliphatic carbocycles. The summed E-state index contributed by atoms with van der Waals surface area (Å²) in [5, 5.41) is 30.1. The number of aryl methyl sites for hydroxylation is 2. The lowest BCUT2D eigenvalue weighted by Crippen LogP contribution is -2.47. The van der Waals surface area contributed by atoms with Crippen LogP contribution >= 0.6 is 0 Å². The summed E-state index contributed by atoms with van der Waals surface area (Å²) in [4.78, 5) is 85.1. The van der Waals surface area contributed by atoms with Crippen molar-refractivity contribution in [2.45, 2.75) is 44.2 Å². The molecule has 3 rings (SSSR count). The Labute approximate surface area is 224 Å². The molecule has 0 bridgehead atoms. The quantitative estimate of drug-likeness (QED) is 0.111. The molecule has 3 aromatic heterocycles. The zero-order valence-corrected chi connectivity index (χ0v) is 20.9. The first-order valence-corrected chi connectivity index (χ1v) is 12.0. The zero-order valence-electron chi connectivity index (χ0n) is 20.9. The predicted octanol–water partition coefficient (Wildman–Crippen LogP) is -0.951. The van der Waals surface area contributed by atoms with Gasteiger partial charge in [0.1, 0.15) is 23.3 Å². The summed E-state index contributed by atoms with van der Waals surface area (Å²) in [5.74, 6) is -8.32. The number of aromatic amines is 2. The van der Waals surface area contributed by atoms with Crippen LogP contribution in [0.1, 0.15) is 40.9 Å². The van der Waals surface area contributed by atoms with Gasteiger partial charge in [-0.1, -0.05) is 6.07 Å². The van der Waals surface area contributed by atoms with E-state index in [1.165, 1.54) is 12.3 Å². The van der Waals surface area contributed by atoms with Gasteiger partial charge in [-0.25, -0.2) is 0 Å². The molecule has 40 heavy (non-hydrogen) atoms. The molecule has 16 nitrogen and oxygen atoms in total. The monoisotopic (exact) mass is 557 g/mol. The van der Waals surface area contributed by atoms with Crippen molar-refractivity contribution < 1.29 is 39.3 Å². The standard InChI is InChI=1S/C24H27N7O9/c25-13(23(39)40)7-12(22(37)38)18(34)14(5-6-16(32)33)29-20(35)15-4-2-10(8-27-15)1-3-11-9-28-19-17(11)21(36)31-24(26)30-19/h2,4,8-9,12-14H,1,3,5-7,25H2,(H,29,35)(H,32,33)(H,37,38)(H,39,40)(H4,26,28,30,31,36)/t12?,13-,14-/m0/s1. The van der Waals surface area contributed by atoms with Crippen LogP contribution in [0, 0.1) is 5.92 Å². The number of nitrogens with two attached hydrogens (primary N) is 2. The molecule has 3 aromatic rings. The van der Waals surface area contributed by atoms with Crippen LogP contribution in [-0.2, 0) is 32.0 Å². The number of nitrogens with zero attached hydrogens (tertiary/aromatic N) is 2. The van der Waals surface area contributed by atoms with E-state index in [-0.39, 0.29) is 17.2 Å². The Bertz CT molecular complexity index is 1500. The van der Waals surface area contributed by atoms with Crippen molar-refractivity contribution in [3.8, 4) is 0 Å². The number of carboxylic acid groups (broad SMARTS) is 3.